The van der Waals surface area contributed by atoms with Gasteiger partial charge in [0, 0.05) is 17.0 Å². The van der Waals surface area contributed by atoms with Gasteiger partial charge >= 0.3 is 0 Å². The largest absolute Gasteiger partial charge is 0.301 e. The van der Waals surface area contributed by atoms with Crippen LogP contribution in [0.25, 0.3) is 0 Å². The number of thioether (sulfide) groups is 2. The fraction of sp³-hybridized carbons (Fsp3) is 1.00. The summed E-state index contributed by atoms with van der Waals surface area (Å²) in [7, 11) is 0. The summed E-state index contributed by atoms with van der Waals surface area (Å²) in [4.78, 5) is 0. The summed E-state index contributed by atoms with van der Waals surface area (Å²) in [5.74, 6) is 3.50. The zero-order valence-electron chi connectivity index (χ0n) is 8.45. The molecule has 1 nitrogen and oxygen atoms in total. The molecule has 1 N–H and O–H groups in total. The maximum Gasteiger partial charge on any atom is 0.0655 e. The standard InChI is InChI=1S/C10H19NS2/c1-7(2)8-6-13-10(11-8)9-4-3-5-12-9/h7-11H,3-6H2,1-2H3. The molecule has 2 aliphatic rings. The summed E-state index contributed by atoms with van der Waals surface area (Å²) in [6, 6.07) is 0.760. The van der Waals surface area contributed by atoms with Crippen LogP contribution in [0.15, 0.2) is 0 Å². The smallest absolute Gasteiger partial charge is 0.0655 e. The highest BCUT2D eigenvalue weighted by molar-refractivity contribution is 8.04. The van der Waals surface area contributed by atoms with Crippen LogP contribution in [-0.2, 0) is 0 Å². The minimum absolute atomic E-state index is 0.750. The van der Waals surface area contributed by atoms with Gasteiger partial charge in [-0.25, -0.2) is 0 Å². The average Bonchev–Trinajstić information content (AvgIpc) is 2.75. The third kappa shape index (κ3) is 2.37. The molecule has 3 atom stereocenters. The zero-order valence-corrected chi connectivity index (χ0v) is 10.1. The summed E-state index contributed by atoms with van der Waals surface area (Å²) >= 11 is 4.31. The van der Waals surface area contributed by atoms with E-state index in [9.17, 15) is 0 Å². The molecule has 0 aromatic rings. The first-order valence-electron chi connectivity index (χ1n) is 5.26. The maximum absolute atomic E-state index is 3.77. The summed E-state index contributed by atoms with van der Waals surface area (Å²) in [5.41, 5.74) is 0. The van der Waals surface area contributed by atoms with E-state index in [0.29, 0.717) is 0 Å². The Balaban J connectivity index is 1.83. The van der Waals surface area contributed by atoms with E-state index in [1.54, 1.807) is 0 Å². The fourth-order valence-electron chi connectivity index (χ4n) is 1.96. The lowest BCUT2D eigenvalue weighted by Gasteiger charge is -2.20. The van der Waals surface area contributed by atoms with Crippen molar-refractivity contribution < 1.29 is 0 Å². The van der Waals surface area contributed by atoms with Gasteiger partial charge in [0.1, 0.15) is 0 Å². The normalized spacial score (nSPS) is 40.4. The van der Waals surface area contributed by atoms with Crippen LogP contribution in [0.2, 0.25) is 0 Å². The van der Waals surface area contributed by atoms with Gasteiger partial charge in [0.25, 0.3) is 0 Å². The van der Waals surface area contributed by atoms with Crippen LogP contribution >= 0.6 is 23.5 Å². The second-order valence-corrected chi connectivity index (χ2v) is 6.84. The molecule has 0 radical (unpaired) electrons. The van der Waals surface area contributed by atoms with E-state index in [4.69, 9.17) is 0 Å². The van der Waals surface area contributed by atoms with Gasteiger partial charge in [-0.1, -0.05) is 13.8 Å². The summed E-state index contributed by atoms with van der Waals surface area (Å²) in [6.45, 7) is 4.64. The van der Waals surface area contributed by atoms with Crippen LogP contribution in [0.1, 0.15) is 26.7 Å². The maximum atomic E-state index is 3.77. The molecule has 2 saturated heterocycles. The number of rotatable bonds is 2. The van der Waals surface area contributed by atoms with Crippen molar-refractivity contribution in [3.05, 3.63) is 0 Å². The van der Waals surface area contributed by atoms with Gasteiger partial charge in [-0.15, -0.1) is 11.8 Å². The first-order valence-corrected chi connectivity index (χ1v) is 7.36. The van der Waals surface area contributed by atoms with E-state index in [1.165, 1.54) is 24.3 Å². The molecule has 2 heterocycles. The Morgan fingerprint density at radius 1 is 1.31 bits per heavy atom. The second kappa shape index (κ2) is 4.45. The number of hydrogen-bond donors (Lipinski definition) is 1. The minimum Gasteiger partial charge on any atom is -0.301 e. The molecule has 0 spiro atoms. The fourth-order valence-corrected chi connectivity index (χ4v) is 5.17. The third-order valence-electron chi connectivity index (χ3n) is 2.94. The second-order valence-electron chi connectivity index (χ2n) is 4.32. The Kier molecular flexibility index (Phi) is 3.49. The molecule has 2 rings (SSSR count). The Labute approximate surface area is 89.8 Å². The highest BCUT2D eigenvalue weighted by Gasteiger charge is 2.33. The van der Waals surface area contributed by atoms with Crippen LogP contribution < -0.4 is 5.32 Å². The zero-order chi connectivity index (χ0) is 9.26. The van der Waals surface area contributed by atoms with Gasteiger partial charge < -0.3 is 5.32 Å². The minimum atomic E-state index is 0.750. The highest BCUT2D eigenvalue weighted by atomic mass is 32.2. The van der Waals surface area contributed by atoms with Crippen molar-refractivity contribution >= 4 is 23.5 Å². The molecule has 3 heteroatoms. The predicted octanol–water partition coefficient (Wildman–Crippen LogP) is 2.57. The van der Waals surface area contributed by atoms with Crippen LogP contribution in [0.4, 0.5) is 0 Å². The van der Waals surface area contributed by atoms with Crippen LogP contribution in [0.3, 0.4) is 0 Å². The van der Waals surface area contributed by atoms with E-state index in [0.717, 1.165) is 22.6 Å². The Morgan fingerprint density at radius 3 is 2.69 bits per heavy atom. The van der Waals surface area contributed by atoms with E-state index in [-0.39, 0.29) is 0 Å². The van der Waals surface area contributed by atoms with E-state index >= 15 is 0 Å². The lowest BCUT2D eigenvalue weighted by Crippen LogP contribution is -2.38. The molecule has 2 aliphatic heterocycles. The van der Waals surface area contributed by atoms with Crippen molar-refractivity contribution in [1.82, 2.24) is 5.32 Å². The van der Waals surface area contributed by atoms with E-state index < -0.39 is 0 Å². The lowest BCUT2D eigenvalue weighted by molar-refractivity contribution is 0.437. The molecule has 13 heavy (non-hydrogen) atoms. The number of hydrogen-bond acceptors (Lipinski definition) is 3. The van der Waals surface area contributed by atoms with Gasteiger partial charge in [0.05, 0.1) is 5.37 Å². The Hall–Kier alpha value is 0.660. The molecule has 0 aromatic heterocycles. The van der Waals surface area contributed by atoms with E-state index in [2.05, 4.69) is 42.7 Å². The molecular formula is C10H19NS2. The quantitative estimate of drug-likeness (QED) is 0.763. The van der Waals surface area contributed by atoms with Crippen molar-refractivity contribution in [3.63, 3.8) is 0 Å². The van der Waals surface area contributed by atoms with Crippen molar-refractivity contribution in [1.29, 1.82) is 0 Å². The molecule has 0 amide bonds. The molecule has 0 saturated carbocycles. The monoisotopic (exact) mass is 217 g/mol. The van der Waals surface area contributed by atoms with Crippen LogP contribution in [-0.4, -0.2) is 28.2 Å². The van der Waals surface area contributed by atoms with Crippen molar-refractivity contribution in [2.45, 2.75) is 43.4 Å². The first-order chi connectivity index (χ1) is 6.27. The Bertz CT molecular complexity index is 166. The predicted molar refractivity (Wildman–Crippen MR) is 63.5 cm³/mol. The third-order valence-corrected chi connectivity index (χ3v) is 5.95. The molecule has 3 unspecified atom stereocenters. The highest BCUT2D eigenvalue weighted by Crippen LogP contribution is 2.36. The van der Waals surface area contributed by atoms with Gasteiger partial charge in [-0.3, -0.25) is 0 Å². The van der Waals surface area contributed by atoms with Gasteiger partial charge in [0.15, 0.2) is 0 Å². The van der Waals surface area contributed by atoms with Crippen LogP contribution in [0.5, 0.6) is 0 Å². The van der Waals surface area contributed by atoms with Crippen molar-refractivity contribution in [3.8, 4) is 0 Å². The molecule has 0 bridgehead atoms. The lowest BCUT2D eigenvalue weighted by atomic mass is 10.1. The van der Waals surface area contributed by atoms with Crippen molar-refractivity contribution in [2.24, 2.45) is 5.92 Å². The number of nitrogens with one attached hydrogen (secondary N) is 1. The average molecular weight is 217 g/mol. The Morgan fingerprint density at radius 2 is 2.15 bits per heavy atom. The van der Waals surface area contributed by atoms with Gasteiger partial charge in [-0.2, -0.15) is 11.8 Å². The van der Waals surface area contributed by atoms with Crippen molar-refractivity contribution in [2.75, 3.05) is 11.5 Å². The molecule has 2 fully saturated rings. The summed E-state index contributed by atoms with van der Waals surface area (Å²) < 4.78 is 0. The molecule has 0 aliphatic carbocycles. The molecule has 76 valence electrons. The molecular weight excluding hydrogens is 198 g/mol. The van der Waals surface area contributed by atoms with Gasteiger partial charge in [0.2, 0.25) is 0 Å². The van der Waals surface area contributed by atoms with Gasteiger partial charge in [-0.05, 0) is 24.5 Å². The first kappa shape index (κ1) is 10.2. The van der Waals surface area contributed by atoms with E-state index in [1.807, 2.05) is 0 Å². The molecule has 0 aromatic carbocycles. The van der Waals surface area contributed by atoms with Crippen LogP contribution in [0, 0.1) is 5.92 Å². The summed E-state index contributed by atoms with van der Waals surface area (Å²) in [6.07, 6.45) is 2.86. The summed E-state index contributed by atoms with van der Waals surface area (Å²) in [5, 5.41) is 5.42. The SMILES string of the molecule is CC(C)C1CSC(C2CCCS2)N1. The topological polar surface area (TPSA) is 12.0 Å².